The molecular weight excluding hydrogens is 255 g/mol. The number of hydrogen-bond acceptors (Lipinski definition) is 3. The minimum atomic E-state index is -0.392. The van der Waals surface area contributed by atoms with E-state index in [0.29, 0.717) is 5.88 Å². The van der Waals surface area contributed by atoms with Crippen LogP contribution < -0.4 is 10.5 Å². The summed E-state index contributed by atoms with van der Waals surface area (Å²) in [5.41, 5.74) is 8.62. The van der Waals surface area contributed by atoms with E-state index in [1.165, 1.54) is 6.07 Å². The number of aryl methyl sites for hydroxylation is 2. The molecular formula is C16H19FN2O. The minimum Gasteiger partial charge on any atom is -0.436 e. The van der Waals surface area contributed by atoms with Crippen molar-refractivity contribution in [2.45, 2.75) is 33.2 Å². The van der Waals surface area contributed by atoms with Crippen LogP contribution in [0.5, 0.6) is 11.6 Å². The standard InChI is InChI=1S/C16H19FN2O/c1-10-4-5-14(17)15(6-10)20-16-11(2)7-13(9-19-16)8-12(3)18/h4-7,9,12H,8,18H2,1-3H3. The average molecular weight is 274 g/mol. The SMILES string of the molecule is Cc1ccc(F)c(Oc2ncc(CC(C)N)cc2C)c1. The first kappa shape index (κ1) is 14.5. The van der Waals surface area contributed by atoms with Crippen LogP contribution in [0, 0.1) is 19.7 Å². The number of aromatic nitrogens is 1. The number of hydrogen-bond donors (Lipinski definition) is 1. The summed E-state index contributed by atoms with van der Waals surface area (Å²) in [5, 5.41) is 0. The molecule has 2 N–H and O–H groups in total. The first-order valence-electron chi connectivity index (χ1n) is 6.61. The second kappa shape index (κ2) is 6.01. The maximum Gasteiger partial charge on any atom is 0.222 e. The highest BCUT2D eigenvalue weighted by Gasteiger charge is 2.09. The van der Waals surface area contributed by atoms with Crippen molar-refractivity contribution in [3.05, 3.63) is 53.0 Å². The predicted octanol–water partition coefficient (Wildman–Crippen LogP) is 3.52. The number of ether oxygens (including phenoxy) is 1. The van der Waals surface area contributed by atoms with E-state index in [1.807, 2.05) is 26.8 Å². The monoisotopic (exact) mass is 274 g/mol. The summed E-state index contributed by atoms with van der Waals surface area (Å²) >= 11 is 0. The van der Waals surface area contributed by atoms with E-state index in [1.54, 1.807) is 18.3 Å². The normalized spacial score (nSPS) is 12.2. The van der Waals surface area contributed by atoms with Crippen LogP contribution in [0.15, 0.2) is 30.5 Å². The van der Waals surface area contributed by atoms with E-state index in [4.69, 9.17) is 10.5 Å². The summed E-state index contributed by atoms with van der Waals surface area (Å²) in [7, 11) is 0. The van der Waals surface area contributed by atoms with Gasteiger partial charge in [-0.25, -0.2) is 9.37 Å². The largest absolute Gasteiger partial charge is 0.436 e. The van der Waals surface area contributed by atoms with Gasteiger partial charge in [-0.3, -0.25) is 0 Å². The molecule has 1 aromatic heterocycles. The summed E-state index contributed by atoms with van der Waals surface area (Å²) in [6, 6.07) is 6.81. The highest BCUT2D eigenvalue weighted by Crippen LogP contribution is 2.26. The second-order valence-electron chi connectivity index (χ2n) is 5.18. The molecule has 0 saturated heterocycles. The van der Waals surface area contributed by atoms with Gasteiger partial charge in [0.05, 0.1) is 0 Å². The fourth-order valence-corrected chi connectivity index (χ4v) is 2.00. The Bertz CT molecular complexity index is 611. The summed E-state index contributed by atoms with van der Waals surface area (Å²) in [5.74, 6) is 0.222. The van der Waals surface area contributed by atoms with Crippen molar-refractivity contribution in [1.29, 1.82) is 0 Å². The van der Waals surface area contributed by atoms with Crippen LogP contribution in [0.2, 0.25) is 0 Å². The molecule has 0 aliphatic rings. The number of nitrogens with two attached hydrogens (primary N) is 1. The maximum absolute atomic E-state index is 13.7. The topological polar surface area (TPSA) is 48.1 Å². The van der Waals surface area contributed by atoms with Crippen LogP contribution >= 0.6 is 0 Å². The van der Waals surface area contributed by atoms with Crippen LogP contribution in [-0.2, 0) is 6.42 Å². The lowest BCUT2D eigenvalue weighted by Gasteiger charge is -2.11. The lowest BCUT2D eigenvalue weighted by Crippen LogP contribution is -2.17. The molecule has 0 saturated carbocycles. The highest BCUT2D eigenvalue weighted by molar-refractivity contribution is 5.36. The Kier molecular flexibility index (Phi) is 4.35. The molecule has 0 radical (unpaired) electrons. The van der Waals surface area contributed by atoms with E-state index < -0.39 is 5.82 Å². The first-order chi connectivity index (χ1) is 9.45. The molecule has 0 amide bonds. The summed E-state index contributed by atoms with van der Waals surface area (Å²) in [4.78, 5) is 4.25. The van der Waals surface area contributed by atoms with Crippen molar-refractivity contribution >= 4 is 0 Å². The van der Waals surface area contributed by atoms with Gasteiger partial charge in [0.15, 0.2) is 11.6 Å². The summed E-state index contributed by atoms with van der Waals surface area (Å²) in [6.07, 6.45) is 2.48. The predicted molar refractivity (Wildman–Crippen MR) is 77.5 cm³/mol. The quantitative estimate of drug-likeness (QED) is 0.928. The lowest BCUT2D eigenvalue weighted by atomic mass is 10.1. The minimum absolute atomic E-state index is 0.0807. The van der Waals surface area contributed by atoms with Gasteiger partial charge in [-0.15, -0.1) is 0 Å². The molecule has 3 nitrogen and oxygen atoms in total. The fourth-order valence-electron chi connectivity index (χ4n) is 2.00. The van der Waals surface area contributed by atoms with Gasteiger partial charge in [0.2, 0.25) is 5.88 Å². The third kappa shape index (κ3) is 3.54. The molecule has 0 spiro atoms. The number of halogens is 1. The Morgan fingerprint density at radius 1 is 1.30 bits per heavy atom. The molecule has 1 unspecified atom stereocenters. The van der Waals surface area contributed by atoms with Crippen LogP contribution in [0.4, 0.5) is 4.39 Å². The van der Waals surface area contributed by atoms with Crippen LogP contribution in [0.25, 0.3) is 0 Å². The molecule has 1 heterocycles. The van der Waals surface area contributed by atoms with Crippen molar-refractivity contribution in [1.82, 2.24) is 4.98 Å². The van der Waals surface area contributed by atoms with Crippen molar-refractivity contribution < 1.29 is 9.13 Å². The highest BCUT2D eigenvalue weighted by atomic mass is 19.1. The van der Waals surface area contributed by atoms with Gasteiger partial charge in [-0.1, -0.05) is 6.07 Å². The molecule has 0 fully saturated rings. The van der Waals surface area contributed by atoms with Crippen LogP contribution in [0.1, 0.15) is 23.6 Å². The maximum atomic E-state index is 13.7. The van der Waals surface area contributed by atoms with E-state index in [2.05, 4.69) is 4.98 Å². The zero-order chi connectivity index (χ0) is 14.7. The van der Waals surface area contributed by atoms with Gasteiger partial charge in [0, 0.05) is 17.8 Å². The molecule has 0 aliphatic heterocycles. The Morgan fingerprint density at radius 2 is 2.05 bits per heavy atom. The van der Waals surface area contributed by atoms with E-state index in [9.17, 15) is 4.39 Å². The van der Waals surface area contributed by atoms with Gasteiger partial charge in [-0.05, 0) is 56.5 Å². The molecule has 106 valence electrons. The van der Waals surface area contributed by atoms with E-state index in [-0.39, 0.29) is 11.8 Å². The number of nitrogens with zero attached hydrogens (tertiary/aromatic N) is 1. The Morgan fingerprint density at radius 3 is 2.70 bits per heavy atom. The van der Waals surface area contributed by atoms with Gasteiger partial charge < -0.3 is 10.5 Å². The first-order valence-corrected chi connectivity index (χ1v) is 6.61. The molecule has 4 heteroatoms. The Labute approximate surface area is 118 Å². The Hall–Kier alpha value is -1.94. The smallest absolute Gasteiger partial charge is 0.222 e. The van der Waals surface area contributed by atoms with Gasteiger partial charge in [0.1, 0.15) is 0 Å². The molecule has 0 bridgehead atoms. The Balaban J connectivity index is 2.23. The molecule has 2 aromatic rings. The summed E-state index contributed by atoms with van der Waals surface area (Å²) in [6.45, 7) is 5.72. The van der Waals surface area contributed by atoms with Crippen LogP contribution in [-0.4, -0.2) is 11.0 Å². The van der Waals surface area contributed by atoms with Gasteiger partial charge in [0.25, 0.3) is 0 Å². The molecule has 1 aromatic carbocycles. The number of pyridine rings is 1. The average Bonchev–Trinajstić information content (AvgIpc) is 2.36. The van der Waals surface area contributed by atoms with E-state index >= 15 is 0 Å². The van der Waals surface area contributed by atoms with Crippen molar-refractivity contribution in [3.8, 4) is 11.6 Å². The van der Waals surface area contributed by atoms with Gasteiger partial charge >= 0.3 is 0 Å². The molecule has 2 rings (SSSR count). The number of benzene rings is 1. The van der Waals surface area contributed by atoms with Crippen molar-refractivity contribution in [2.24, 2.45) is 5.73 Å². The lowest BCUT2D eigenvalue weighted by molar-refractivity contribution is 0.423. The zero-order valence-corrected chi connectivity index (χ0v) is 12.0. The van der Waals surface area contributed by atoms with Crippen LogP contribution in [0.3, 0.4) is 0 Å². The van der Waals surface area contributed by atoms with Crippen molar-refractivity contribution in [3.63, 3.8) is 0 Å². The fraction of sp³-hybridized carbons (Fsp3) is 0.312. The molecule has 1 atom stereocenters. The molecule has 0 aliphatic carbocycles. The number of rotatable bonds is 4. The third-order valence-electron chi connectivity index (χ3n) is 2.94. The third-order valence-corrected chi connectivity index (χ3v) is 2.94. The van der Waals surface area contributed by atoms with E-state index in [0.717, 1.165) is 23.1 Å². The summed E-state index contributed by atoms with van der Waals surface area (Å²) < 4.78 is 19.2. The molecule has 20 heavy (non-hydrogen) atoms. The second-order valence-corrected chi connectivity index (χ2v) is 5.18. The van der Waals surface area contributed by atoms with Gasteiger partial charge in [-0.2, -0.15) is 0 Å². The van der Waals surface area contributed by atoms with Crippen molar-refractivity contribution in [2.75, 3.05) is 0 Å². The zero-order valence-electron chi connectivity index (χ0n) is 12.0.